The van der Waals surface area contributed by atoms with Gasteiger partial charge in [-0.05, 0) is 12.5 Å². The second kappa shape index (κ2) is 5.83. The van der Waals surface area contributed by atoms with E-state index in [1.54, 1.807) is 0 Å². The summed E-state index contributed by atoms with van der Waals surface area (Å²) < 4.78 is 9.86. The van der Waals surface area contributed by atoms with Crippen LogP contribution in [0.2, 0.25) is 0 Å². The maximum Gasteiger partial charge on any atom is 0.341 e. The van der Waals surface area contributed by atoms with Crippen molar-refractivity contribution < 1.29 is 19.2 Å². The monoisotopic (exact) mass is 239 g/mol. The van der Waals surface area contributed by atoms with E-state index >= 15 is 0 Å². The number of methoxy groups -OCH3 is 1. The average Bonchev–Trinajstić information content (AvgIpc) is 2.34. The number of carbonyl (C=O) groups is 1. The molecule has 0 saturated heterocycles. The fourth-order valence-electron chi connectivity index (χ4n) is 1.23. The van der Waals surface area contributed by atoms with E-state index in [2.05, 4.69) is 4.74 Å². The molecule has 6 nitrogen and oxygen atoms in total. The Labute approximate surface area is 98.3 Å². The summed E-state index contributed by atoms with van der Waals surface area (Å²) in [5.41, 5.74) is 0.0651. The molecule has 92 valence electrons. The molecule has 0 saturated carbocycles. The third kappa shape index (κ3) is 3.17. The maximum absolute atomic E-state index is 11.4. The average molecular weight is 239 g/mol. The van der Waals surface area contributed by atoms with Gasteiger partial charge < -0.3 is 9.47 Å². The molecule has 0 spiro atoms. The van der Waals surface area contributed by atoms with Gasteiger partial charge in [-0.25, -0.2) is 4.79 Å². The lowest BCUT2D eigenvalue weighted by Crippen LogP contribution is -2.06. The molecule has 1 aromatic carbocycles. The molecule has 0 heterocycles. The number of nitro benzene ring substituents is 1. The molecule has 0 atom stereocenters. The van der Waals surface area contributed by atoms with Gasteiger partial charge in [0.15, 0.2) is 0 Å². The number of ether oxygens (including phenoxy) is 2. The van der Waals surface area contributed by atoms with Crippen LogP contribution in [0.5, 0.6) is 5.75 Å². The van der Waals surface area contributed by atoms with Crippen LogP contribution in [0, 0.1) is 10.1 Å². The Morgan fingerprint density at radius 3 is 2.71 bits per heavy atom. The lowest BCUT2D eigenvalue weighted by molar-refractivity contribution is -0.384. The molecular weight excluding hydrogens is 226 g/mol. The van der Waals surface area contributed by atoms with Gasteiger partial charge in [-0.3, -0.25) is 10.1 Å². The van der Waals surface area contributed by atoms with Gasteiger partial charge in [-0.1, -0.05) is 6.92 Å². The first-order valence-corrected chi connectivity index (χ1v) is 5.09. The summed E-state index contributed by atoms with van der Waals surface area (Å²) in [4.78, 5) is 21.5. The highest BCUT2D eigenvalue weighted by Crippen LogP contribution is 2.25. The minimum absolute atomic E-state index is 0.122. The maximum atomic E-state index is 11.4. The molecule has 0 amide bonds. The molecule has 6 heteroatoms. The van der Waals surface area contributed by atoms with E-state index in [4.69, 9.17) is 4.74 Å². The second-order valence-corrected chi connectivity index (χ2v) is 3.28. The van der Waals surface area contributed by atoms with Gasteiger partial charge in [0.1, 0.15) is 11.3 Å². The van der Waals surface area contributed by atoms with Crippen LogP contribution in [-0.4, -0.2) is 24.6 Å². The van der Waals surface area contributed by atoms with Crippen LogP contribution in [0.1, 0.15) is 23.7 Å². The first kappa shape index (κ1) is 13.0. The zero-order valence-corrected chi connectivity index (χ0v) is 9.63. The van der Waals surface area contributed by atoms with Crippen LogP contribution >= 0.6 is 0 Å². The molecule has 0 fully saturated rings. The largest absolute Gasteiger partial charge is 0.492 e. The first-order chi connectivity index (χ1) is 8.10. The zero-order chi connectivity index (χ0) is 12.8. The lowest BCUT2D eigenvalue weighted by Gasteiger charge is -2.08. The minimum Gasteiger partial charge on any atom is -0.492 e. The number of non-ortho nitro benzene ring substituents is 1. The molecule has 0 aliphatic rings. The van der Waals surface area contributed by atoms with Crippen molar-refractivity contribution >= 4 is 11.7 Å². The van der Waals surface area contributed by atoms with Crippen LogP contribution in [0.25, 0.3) is 0 Å². The third-order valence-electron chi connectivity index (χ3n) is 2.04. The number of hydrogen-bond donors (Lipinski definition) is 0. The van der Waals surface area contributed by atoms with Crippen molar-refractivity contribution in [2.75, 3.05) is 13.7 Å². The van der Waals surface area contributed by atoms with Gasteiger partial charge in [0.2, 0.25) is 0 Å². The molecule has 0 unspecified atom stereocenters. The summed E-state index contributed by atoms with van der Waals surface area (Å²) in [6.45, 7) is 2.28. The number of hydrogen-bond acceptors (Lipinski definition) is 5. The van der Waals surface area contributed by atoms with Crippen molar-refractivity contribution in [1.29, 1.82) is 0 Å². The number of carbonyl (C=O) groups excluding carboxylic acids is 1. The van der Waals surface area contributed by atoms with E-state index in [0.717, 1.165) is 6.42 Å². The number of nitrogens with zero attached hydrogens (tertiary/aromatic N) is 1. The van der Waals surface area contributed by atoms with Gasteiger partial charge >= 0.3 is 5.97 Å². The minimum atomic E-state index is -0.578. The highest BCUT2D eigenvalue weighted by atomic mass is 16.6. The Hall–Kier alpha value is -2.11. The zero-order valence-electron chi connectivity index (χ0n) is 9.63. The van der Waals surface area contributed by atoms with Crippen LogP contribution < -0.4 is 4.74 Å². The molecule has 0 radical (unpaired) electrons. The van der Waals surface area contributed by atoms with E-state index in [1.807, 2.05) is 6.92 Å². The number of nitro groups is 1. The van der Waals surface area contributed by atoms with Crippen molar-refractivity contribution in [3.05, 3.63) is 33.9 Å². The van der Waals surface area contributed by atoms with E-state index < -0.39 is 10.9 Å². The van der Waals surface area contributed by atoms with E-state index in [9.17, 15) is 14.9 Å². The summed E-state index contributed by atoms with van der Waals surface area (Å²) >= 11 is 0. The van der Waals surface area contributed by atoms with Crippen LogP contribution in [-0.2, 0) is 4.74 Å². The van der Waals surface area contributed by atoms with Crippen LogP contribution in [0.3, 0.4) is 0 Å². The third-order valence-corrected chi connectivity index (χ3v) is 2.04. The summed E-state index contributed by atoms with van der Waals surface area (Å²) in [7, 11) is 1.24. The molecule has 0 N–H and O–H groups in total. The lowest BCUT2D eigenvalue weighted by atomic mass is 10.2. The normalized spacial score (nSPS) is 9.76. The molecular formula is C11H13NO5. The molecule has 17 heavy (non-hydrogen) atoms. The summed E-state index contributed by atoms with van der Waals surface area (Å²) in [6, 6.07) is 3.79. The summed E-state index contributed by atoms with van der Waals surface area (Å²) in [5, 5.41) is 10.6. The number of benzene rings is 1. The highest BCUT2D eigenvalue weighted by Gasteiger charge is 2.17. The van der Waals surface area contributed by atoms with E-state index in [0.29, 0.717) is 6.61 Å². The topological polar surface area (TPSA) is 78.7 Å². The van der Waals surface area contributed by atoms with Crippen molar-refractivity contribution in [3.63, 3.8) is 0 Å². The fraction of sp³-hybridized carbons (Fsp3) is 0.364. The van der Waals surface area contributed by atoms with Crippen molar-refractivity contribution in [3.8, 4) is 5.75 Å². The smallest absolute Gasteiger partial charge is 0.341 e. The van der Waals surface area contributed by atoms with Crippen molar-refractivity contribution in [1.82, 2.24) is 0 Å². The first-order valence-electron chi connectivity index (χ1n) is 5.09. The predicted molar refractivity (Wildman–Crippen MR) is 60.2 cm³/mol. The molecule has 0 aliphatic heterocycles. The Kier molecular flexibility index (Phi) is 4.45. The Morgan fingerprint density at radius 1 is 1.47 bits per heavy atom. The van der Waals surface area contributed by atoms with Crippen molar-refractivity contribution in [2.45, 2.75) is 13.3 Å². The van der Waals surface area contributed by atoms with Crippen molar-refractivity contribution in [2.24, 2.45) is 0 Å². The number of rotatable bonds is 5. The Bertz CT molecular complexity index is 430. The molecule has 1 rings (SSSR count). The molecule has 1 aromatic rings. The Balaban J connectivity index is 3.11. The summed E-state index contributed by atoms with van der Waals surface area (Å²) in [5.74, 6) is -0.404. The summed E-state index contributed by atoms with van der Waals surface area (Å²) in [6.07, 6.45) is 0.739. The second-order valence-electron chi connectivity index (χ2n) is 3.28. The van der Waals surface area contributed by atoms with E-state index in [1.165, 1.54) is 25.3 Å². The molecule has 0 aromatic heterocycles. The fourth-order valence-corrected chi connectivity index (χ4v) is 1.23. The van der Waals surface area contributed by atoms with Gasteiger partial charge in [0.25, 0.3) is 5.69 Å². The van der Waals surface area contributed by atoms with Gasteiger partial charge in [0, 0.05) is 6.07 Å². The Morgan fingerprint density at radius 2 is 2.18 bits per heavy atom. The number of esters is 1. The molecule has 0 bridgehead atoms. The standard InChI is InChI=1S/C11H13NO5/c1-3-6-17-10-7-8(12(14)15)4-5-9(10)11(13)16-2/h4-5,7H,3,6H2,1-2H3. The highest BCUT2D eigenvalue weighted by molar-refractivity contribution is 5.92. The predicted octanol–water partition coefficient (Wildman–Crippen LogP) is 2.17. The van der Waals surface area contributed by atoms with Crippen LogP contribution in [0.4, 0.5) is 5.69 Å². The van der Waals surface area contributed by atoms with Crippen LogP contribution in [0.15, 0.2) is 18.2 Å². The SMILES string of the molecule is CCCOc1cc([N+](=O)[O-])ccc1C(=O)OC. The quantitative estimate of drug-likeness (QED) is 0.447. The van der Waals surface area contributed by atoms with Gasteiger partial charge in [-0.2, -0.15) is 0 Å². The molecule has 0 aliphatic carbocycles. The van der Waals surface area contributed by atoms with Gasteiger partial charge in [0.05, 0.1) is 24.7 Å². The van der Waals surface area contributed by atoms with E-state index in [-0.39, 0.29) is 17.0 Å². The van der Waals surface area contributed by atoms with Gasteiger partial charge in [-0.15, -0.1) is 0 Å².